The van der Waals surface area contributed by atoms with Gasteiger partial charge >= 0.3 is 5.97 Å². The molecule has 0 aliphatic carbocycles. The van der Waals surface area contributed by atoms with Crippen molar-refractivity contribution in [2.75, 3.05) is 6.61 Å². The molecule has 0 saturated heterocycles. The van der Waals surface area contributed by atoms with Gasteiger partial charge in [0.2, 0.25) is 0 Å². The van der Waals surface area contributed by atoms with Gasteiger partial charge in [-0.05, 0) is 47.0 Å². The van der Waals surface area contributed by atoms with Gasteiger partial charge in [-0.2, -0.15) is 5.48 Å². The van der Waals surface area contributed by atoms with Crippen LogP contribution >= 0.6 is 0 Å². The quantitative estimate of drug-likeness (QED) is 0.244. The fourth-order valence-corrected chi connectivity index (χ4v) is 3.71. The van der Waals surface area contributed by atoms with Crippen LogP contribution in [0.15, 0.2) is 109 Å². The van der Waals surface area contributed by atoms with Gasteiger partial charge in [0, 0.05) is 12.0 Å². The molecule has 1 N–H and O–H groups in total. The van der Waals surface area contributed by atoms with Crippen molar-refractivity contribution in [3.63, 3.8) is 0 Å². The minimum Gasteiger partial charge on any atom is -0.489 e. The zero-order valence-corrected chi connectivity index (χ0v) is 21.1. The van der Waals surface area contributed by atoms with Crippen molar-refractivity contribution in [2.24, 2.45) is 0 Å². The summed E-state index contributed by atoms with van der Waals surface area (Å²) in [5, 5.41) is 0. The average Bonchev–Trinajstić information content (AvgIpc) is 2.98. The number of carbonyl (C=O) groups is 2. The van der Waals surface area contributed by atoms with Crippen LogP contribution < -0.4 is 15.0 Å². The molecule has 6 heteroatoms. The van der Waals surface area contributed by atoms with Crippen LogP contribution in [0.4, 0.5) is 0 Å². The summed E-state index contributed by atoms with van der Waals surface area (Å²) in [5.74, 6) is 0.148. The van der Waals surface area contributed by atoms with Gasteiger partial charge in [-0.3, -0.25) is 4.79 Å². The summed E-state index contributed by atoms with van der Waals surface area (Å²) in [6.07, 6.45) is 4.03. The Hall–Kier alpha value is -4.84. The molecule has 1 amide bonds. The third-order valence-electron chi connectivity index (χ3n) is 5.65. The van der Waals surface area contributed by atoms with E-state index in [0.717, 1.165) is 16.7 Å². The van der Waals surface area contributed by atoms with Crippen LogP contribution in [-0.2, 0) is 16.2 Å². The van der Waals surface area contributed by atoms with E-state index in [9.17, 15) is 9.59 Å². The Kier molecular flexibility index (Phi) is 9.29. The van der Waals surface area contributed by atoms with Crippen molar-refractivity contribution < 1.29 is 23.9 Å². The van der Waals surface area contributed by atoms with Crippen molar-refractivity contribution in [3.8, 4) is 22.6 Å². The Bertz CT molecular complexity index is 1370. The predicted molar refractivity (Wildman–Crippen MR) is 147 cm³/mol. The first kappa shape index (κ1) is 26.2. The van der Waals surface area contributed by atoms with E-state index in [1.54, 1.807) is 25.1 Å². The zero-order valence-electron chi connectivity index (χ0n) is 21.1. The summed E-state index contributed by atoms with van der Waals surface area (Å²) in [4.78, 5) is 29.4. The summed E-state index contributed by atoms with van der Waals surface area (Å²) < 4.78 is 12.0. The topological polar surface area (TPSA) is 73.9 Å². The maximum absolute atomic E-state index is 13.0. The number of carbonyl (C=O) groups excluding carboxylic acids is 2. The average molecular weight is 508 g/mol. The van der Waals surface area contributed by atoms with Crippen LogP contribution in [0.25, 0.3) is 17.2 Å². The van der Waals surface area contributed by atoms with Crippen molar-refractivity contribution >= 4 is 18.0 Å². The molecule has 192 valence electrons. The molecular weight excluding hydrogens is 478 g/mol. The summed E-state index contributed by atoms with van der Waals surface area (Å²) in [5.41, 5.74) is 6.03. The minimum atomic E-state index is -0.545. The minimum absolute atomic E-state index is 0.147. The lowest BCUT2D eigenvalue weighted by Crippen LogP contribution is -2.27. The second kappa shape index (κ2) is 13.5. The second-order valence-electron chi connectivity index (χ2n) is 8.36. The molecule has 0 heterocycles. The van der Waals surface area contributed by atoms with Gasteiger partial charge in [-0.15, -0.1) is 0 Å². The molecule has 0 aliphatic rings. The number of hydroxylamine groups is 1. The Balaban J connectivity index is 1.56. The first-order valence-corrected chi connectivity index (χ1v) is 12.4. The second-order valence-corrected chi connectivity index (χ2v) is 8.36. The van der Waals surface area contributed by atoms with Gasteiger partial charge in [0.25, 0.3) is 5.91 Å². The van der Waals surface area contributed by atoms with E-state index in [1.165, 1.54) is 0 Å². The molecule has 0 unspecified atom stereocenters. The summed E-state index contributed by atoms with van der Waals surface area (Å²) in [6.45, 7) is 2.40. The Morgan fingerprint density at radius 2 is 1.50 bits per heavy atom. The number of nitrogens with one attached hydrogen (secondary N) is 1. The highest BCUT2D eigenvalue weighted by Gasteiger charge is 2.19. The lowest BCUT2D eigenvalue weighted by atomic mass is 9.98. The monoisotopic (exact) mass is 507 g/mol. The van der Waals surface area contributed by atoms with Gasteiger partial charge in [0.15, 0.2) is 0 Å². The Labute approximate surface area is 222 Å². The van der Waals surface area contributed by atoms with Gasteiger partial charge in [0.1, 0.15) is 24.7 Å². The zero-order chi connectivity index (χ0) is 26.6. The molecule has 4 rings (SSSR count). The molecule has 6 nitrogen and oxygen atoms in total. The molecule has 0 bridgehead atoms. The van der Waals surface area contributed by atoms with Gasteiger partial charge in [0.05, 0.1) is 5.56 Å². The molecule has 0 atom stereocenters. The molecule has 0 aliphatic heterocycles. The van der Waals surface area contributed by atoms with E-state index in [-0.39, 0.29) is 6.42 Å². The van der Waals surface area contributed by atoms with Crippen molar-refractivity contribution in [3.05, 3.63) is 126 Å². The molecule has 0 radical (unpaired) electrons. The predicted octanol–water partition coefficient (Wildman–Crippen LogP) is 6.62. The molecular formula is C32H29NO5. The fourth-order valence-electron chi connectivity index (χ4n) is 3.71. The Morgan fingerprint density at radius 3 is 2.21 bits per heavy atom. The molecule has 4 aromatic rings. The molecule has 0 spiro atoms. The van der Waals surface area contributed by atoms with E-state index in [0.29, 0.717) is 35.8 Å². The molecule has 4 aromatic carbocycles. The lowest BCUT2D eigenvalue weighted by Gasteiger charge is -2.16. The standard InChI is InChI=1S/C32H29NO5/c1-2-30(34)38-33-32(35)28-16-9-17-29(36-22-10-15-24-11-5-3-6-12-24)31(28)26-18-20-27(21-19-26)37-23-25-13-7-4-8-14-25/h3-21H,2,22-23H2,1H3,(H,33,35). The SMILES string of the molecule is CCC(=O)ONC(=O)c1cccc(OCC=Cc2ccccc2)c1-c1ccc(OCc2ccccc2)cc1. The number of hydrogen-bond donors (Lipinski definition) is 1. The lowest BCUT2D eigenvalue weighted by molar-refractivity contribution is -0.148. The van der Waals surface area contributed by atoms with Crippen LogP contribution in [0, 0.1) is 0 Å². The van der Waals surface area contributed by atoms with Crippen LogP contribution in [-0.4, -0.2) is 18.5 Å². The van der Waals surface area contributed by atoms with Crippen LogP contribution in [0.1, 0.15) is 34.8 Å². The highest BCUT2D eigenvalue weighted by molar-refractivity contribution is 6.02. The van der Waals surface area contributed by atoms with Crippen molar-refractivity contribution in [2.45, 2.75) is 20.0 Å². The van der Waals surface area contributed by atoms with Crippen molar-refractivity contribution in [1.82, 2.24) is 5.48 Å². The van der Waals surface area contributed by atoms with Gasteiger partial charge in [-0.25, -0.2) is 4.79 Å². The molecule has 0 saturated carbocycles. The number of amides is 1. The first-order chi connectivity index (χ1) is 18.6. The van der Waals surface area contributed by atoms with Crippen molar-refractivity contribution in [1.29, 1.82) is 0 Å². The normalized spacial score (nSPS) is 10.7. The van der Waals surface area contributed by atoms with E-state index in [1.807, 2.05) is 97.1 Å². The van der Waals surface area contributed by atoms with Gasteiger partial charge < -0.3 is 14.3 Å². The molecule has 38 heavy (non-hydrogen) atoms. The van der Waals surface area contributed by atoms with Gasteiger partial charge in [-0.1, -0.05) is 91.9 Å². The summed E-state index contributed by atoms with van der Waals surface area (Å²) >= 11 is 0. The van der Waals surface area contributed by atoms with E-state index in [2.05, 4.69) is 5.48 Å². The maximum atomic E-state index is 13.0. The molecule has 0 aromatic heterocycles. The number of hydrogen-bond acceptors (Lipinski definition) is 5. The third-order valence-corrected chi connectivity index (χ3v) is 5.65. The van der Waals surface area contributed by atoms with E-state index >= 15 is 0 Å². The fraction of sp³-hybridized carbons (Fsp3) is 0.125. The number of ether oxygens (including phenoxy) is 2. The highest BCUT2D eigenvalue weighted by Crippen LogP contribution is 2.35. The largest absolute Gasteiger partial charge is 0.489 e. The smallest absolute Gasteiger partial charge is 0.331 e. The first-order valence-electron chi connectivity index (χ1n) is 12.4. The maximum Gasteiger partial charge on any atom is 0.331 e. The summed E-state index contributed by atoms with van der Waals surface area (Å²) in [6, 6.07) is 32.5. The number of rotatable bonds is 10. The Morgan fingerprint density at radius 1 is 0.789 bits per heavy atom. The van der Waals surface area contributed by atoms with E-state index < -0.39 is 11.9 Å². The third kappa shape index (κ3) is 7.34. The highest BCUT2D eigenvalue weighted by atomic mass is 16.7. The summed E-state index contributed by atoms with van der Waals surface area (Å²) in [7, 11) is 0. The van der Waals surface area contributed by atoms with Crippen LogP contribution in [0.2, 0.25) is 0 Å². The van der Waals surface area contributed by atoms with Crippen LogP contribution in [0.5, 0.6) is 11.5 Å². The molecule has 0 fully saturated rings. The van der Waals surface area contributed by atoms with E-state index in [4.69, 9.17) is 14.3 Å². The number of benzene rings is 4. The van der Waals surface area contributed by atoms with Crippen LogP contribution in [0.3, 0.4) is 0 Å².